The van der Waals surface area contributed by atoms with Crippen LogP contribution in [0.2, 0.25) is 0 Å². The Morgan fingerprint density at radius 3 is 2.82 bits per heavy atom. The zero-order chi connectivity index (χ0) is 15.5. The molecule has 0 bridgehead atoms. The summed E-state index contributed by atoms with van der Waals surface area (Å²) in [5.74, 6) is 0.854. The number of rotatable bonds is 4. The van der Waals surface area contributed by atoms with Crippen LogP contribution in [-0.2, 0) is 0 Å². The summed E-state index contributed by atoms with van der Waals surface area (Å²) < 4.78 is 5.18. The highest BCUT2D eigenvalue weighted by atomic mass is 16.5. The van der Waals surface area contributed by atoms with Crippen molar-refractivity contribution in [2.75, 3.05) is 26.7 Å². The van der Waals surface area contributed by atoms with Gasteiger partial charge in [0, 0.05) is 18.5 Å². The van der Waals surface area contributed by atoms with Crippen molar-refractivity contribution in [2.45, 2.75) is 32.1 Å². The standard InChI is InChI=1S/C17H23N3O2/c1-12(11-20-8-4-3-5-9-20)16-17(21)19-15-10-13(22-2)6-7-14(15)18-16/h6-7,10,12H,3-5,8-9,11H2,1-2H3,(H,19,21). The maximum absolute atomic E-state index is 12.3. The van der Waals surface area contributed by atoms with Gasteiger partial charge < -0.3 is 14.6 Å². The van der Waals surface area contributed by atoms with Crippen molar-refractivity contribution in [1.29, 1.82) is 0 Å². The second-order valence-electron chi connectivity index (χ2n) is 6.10. The van der Waals surface area contributed by atoms with Gasteiger partial charge in [-0.05, 0) is 38.1 Å². The second kappa shape index (κ2) is 6.48. The average Bonchev–Trinajstić information content (AvgIpc) is 2.54. The third kappa shape index (κ3) is 3.14. The van der Waals surface area contributed by atoms with Crippen LogP contribution in [0.5, 0.6) is 5.75 Å². The fraction of sp³-hybridized carbons (Fsp3) is 0.529. The van der Waals surface area contributed by atoms with Crippen molar-refractivity contribution in [3.8, 4) is 5.75 Å². The lowest BCUT2D eigenvalue weighted by atomic mass is 10.0. The summed E-state index contributed by atoms with van der Waals surface area (Å²) in [6, 6.07) is 5.57. The summed E-state index contributed by atoms with van der Waals surface area (Å²) in [6.45, 7) is 5.25. The molecule has 1 N–H and O–H groups in total. The zero-order valence-electron chi connectivity index (χ0n) is 13.3. The van der Waals surface area contributed by atoms with E-state index in [1.165, 1.54) is 19.3 Å². The van der Waals surface area contributed by atoms with Gasteiger partial charge in [-0.15, -0.1) is 0 Å². The molecule has 0 aliphatic carbocycles. The number of H-pyrrole nitrogens is 1. The Kier molecular flexibility index (Phi) is 4.43. The Balaban J connectivity index is 1.86. The summed E-state index contributed by atoms with van der Waals surface area (Å²) >= 11 is 0. The summed E-state index contributed by atoms with van der Waals surface area (Å²) in [5.41, 5.74) is 2.06. The molecular formula is C17H23N3O2. The number of nitrogens with one attached hydrogen (secondary N) is 1. The summed E-state index contributed by atoms with van der Waals surface area (Å²) in [6.07, 6.45) is 3.84. The van der Waals surface area contributed by atoms with E-state index < -0.39 is 0 Å². The predicted molar refractivity (Wildman–Crippen MR) is 87.6 cm³/mol. The van der Waals surface area contributed by atoms with Gasteiger partial charge in [0.2, 0.25) is 0 Å². The molecule has 1 aliphatic heterocycles. The smallest absolute Gasteiger partial charge is 0.270 e. The van der Waals surface area contributed by atoms with E-state index in [4.69, 9.17) is 4.74 Å². The number of hydrogen-bond donors (Lipinski definition) is 1. The largest absolute Gasteiger partial charge is 0.497 e. The third-order valence-electron chi connectivity index (χ3n) is 4.37. The van der Waals surface area contributed by atoms with E-state index in [9.17, 15) is 4.79 Å². The highest BCUT2D eigenvalue weighted by Crippen LogP contribution is 2.20. The molecule has 1 saturated heterocycles. The lowest BCUT2D eigenvalue weighted by Gasteiger charge is -2.28. The number of likely N-dealkylation sites (tertiary alicyclic amines) is 1. The second-order valence-corrected chi connectivity index (χ2v) is 6.10. The van der Waals surface area contributed by atoms with E-state index in [0.717, 1.165) is 36.4 Å². The molecule has 1 aliphatic rings. The molecule has 0 spiro atoms. The normalized spacial score (nSPS) is 17.5. The molecule has 2 aromatic rings. The van der Waals surface area contributed by atoms with Gasteiger partial charge in [0.05, 0.1) is 18.1 Å². The minimum atomic E-state index is -0.0923. The Morgan fingerprint density at radius 2 is 2.09 bits per heavy atom. The Morgan fingerprint density at radius 1 is 1.32 bits per heavy atom. The minimum absolute atomic E-state index is 0.0923. The first-order chi connectivity index (χ1) is 10.7. The molecule has 1 fully saturated rings. The lowest BCUT2D eigenvalue weighted by Crippen LogP contribution is -2.34. The van der Waals surface area contributed by atoms with Crippen molar-refractivity contribution in [1.82, 2.24) is 14.9 Å². The van der Waals surface area contributed by atoms with Crippen LogP contribution < -0.4 is 10.3 Å². The van der Waals surface area contributed by atoms with E-state index in [2.05, 4.69) is 21.8 Å². The van der Waals surface area contributed by atoms with E-state index >= 15 is 0 Å². The molecule has 5 nitrogen and oxygen atoms in total. The van der Waals surface area contributed by atoms with Crippen LogP contribution in [-0.4, -0.2) is 41.6 Å². The molecule has 1 aromatic heterocycles. The first-order valence-electron chi connectivity index (χ1n) is 7.97. The monoisotopic (exact) mass is 301 g/mol. The van der Waals surface area contributed by atoms with Crippen LogP contribution >= 0.6 is 0 Å². The van der Waals surface area contributed by atoms with E-state index in [1.54, 1.807) is 7.11 Å². The van der Waals surface area contributed by atoms with Crippen LogP contribution in [0.3, 0.4) is 0 Å². The van der Waals surface area contributed by atoms with Crippen LogP contribution in [0.1, 0.15) is 37.8 Å². The number of nitrogens with zero attached hydrogens (tertiary/aromatic N) is 2. The number of methoxy groups -OCH3 is 1. The minimum Gasteiger partial charge on any atom is -0.497 e. The number of ether oxygens (including phenoxy) is 1. The molecule has 0 amide bonds. The Bertz CT molecular complexity index is 705. The van der Waals surface area contributed by atoms with E-state index in [1.807, 2.05) is 18.2 Å². The third-order valence-corrected chi connectivity index (χ3v) is 4.37. The van der Waals surface area contributed by atoms with E-state index in [-0.39, 0.29) is 11.5 Å². The lowest BCUT2D eigenvalue weighted by molar-refractivity contribution is 0.217. The quantitative estimate of drug-likeness (QED) is 0.943. The molecule has 0 saturated carbocycles. The van der Waals surface area contributed by atoms with Crippen molar-refractivity contribution < 1.29 is 4.74 Å². The van der Waals surface area contributed by atoms with E-state index in [0.29, 0.717) is 5.69 Å². The number of aromatic nitrogens is 2. The fourth-order valence-corrected chi connectivity index (χ4v) is 3.16. The van der Waals surface area contributed by atoms with Gasteiger partial charge in [-0.25, -0.2) is 4.98 Å². The topological polar surface area (TPSA) is 58.2 Å². The Hall–Kier alpha value is -1.88. The molecule has 5 heteroatoms. The SMILES string of the molecule is COc1ccc2nc(C(C)CN3CCCCC3)c(=O)[nH]c2c1. The first-order valence-corrected chi connectivity index (χ1v) is 7.97. The average molecular weight is 301 g/mol. The van der Waals surface area contributed by atoms with Crippen molar-refractivity contribution in [3.63, 3.8) is 0 Å². The van der Waals surface area contributed by atoms with Crippen LogP contribution in [0.25, 0.3) is 11.0 Å². The van der Waals surface area contributed by atoms with Crippen LogP contribution in [0.15, 0.2) is 23.0 Å². The molecule has 0 radical (unpaired) electrons. The molecule has 1 unspecified atom stereocenters. The molecule has 1 aromatic carbocycles. The van der Waals surface area contributed by atoms with Crippen molar-refractivity contribution in [2.24, 2.45) is 0 Å². The molecule has 118 valence electrons. The van der Waals surface area contributed by atoms with Gasteiger partial charge >= 0.3 is 0 Å². The molecular weight excluding hydrogens is 278 g/mol. The van der Waals surface area contributed by atoms with Crippen molar-refractivity contribution in [3.05, 3.63) is 34.2 Å². The van der Waals surface area contributed by atoms with Gasteiger partial charge in [0.25, 0.3) is 5.56 Å². The highest BCUT2D eigenvalue weighted by Gasteiger charge is 2.18. The van der Waals surface area contributed by atoms with Gasteiger partial charge in [0.1, 0.15) is 11.4 Å². The predicted octanol–water partition coefficient (Wildman–Crippen LogP) is 2.52. The number of aromatic amines is 1. The summed E-state index contributed by atoms with van der Waals surface area (Å²) in [5, 5.41) is 0. The summed E-state index contributed by atoms with van der Waals surface area (Å²) in [4.78, 5) is 22.3. The number of piperidine rings is 1. The van der Waals surface area contributed by atoms with Crippen LogP contribution in [0, 0.1) is 0 Å². The number of hydrogen-bond acceptors (Lipinski definition) is 4. The number of benzene rings is 1. The summed E-state index contributed by atoms with van der Waals surface area (Å²) in [7, 11) is 1.61. The molecule has 3 rings (SSSR count). The maximum atomic E-state index is 12.3. The molecule has 1 atom stereocenters. The zero-order valence-corrected chi connectivity index (χ0v) is 13.3. The first kappa shape index (κ1) is 15.0. The molecule has 2 heterocycles. The number of fused-ring (bicyclic) bond motifs is 1. The van der Waals surface area contributed by atoms with Crippen LogP contribution in [0.4, 0.5) is 0 Å². The maximum Gasteiger partial charge on any atom is 0.270 e. The Labute approximate surface area is 130 Å². The van der Waals surface area contributed by atoms with Gasteiger partial charge in [-0.2, -0.15) is 0 Å². The fourth-order valence-electron chi connectivity index (χ4n) is 3.16. The highest BCUT2D eigenvalue weighted by molar-refractivity contribution is 5.75. The van der Waals surface area contributed by atoms with Crippen molar-refractivity contribution >= 4 is 11.0 Å². The molecule has 22 heavy (non-hydrogen) atoms. The van der Waals surface area contributed by atoms with Gasteiger partial charge in [-0.1, -0.05) is 13.3 Å². The van der Waals surface area contributed by atoms with Gasteiger partial charge in [-0.3, -0.25) is 4.79 Å². The van der Waals surface area contributed by atoms with Gasteiger partial charge in [0.15, 0.2) is 0 Å².